The van der Waals surface area contributed by atoms with Gasteiger partial charge in [0.25, 0.3) is 0 Å². The van der Waals surface area contributed by atoms with Gasteiger partial charge in [-0.2, -0.15) is 5.10 Å². The molecule has 0 saturated carbocycles. The number of benzene rings is 2. The van der Waals surface area contributed by atoms with Crippen LogP contribution in [0.4, 0.5) is 11.5 Å². The number of fused-ring (bicyclic) bond motifs is 2. The molecule has 1 atom stereocenters. The summed E-state index contributed by atoms with van der Waals surface area (Å²) in [4.78, 5) is 11.3. The van der Waals surface area contributed by atoms with Gasteiger partial charge in [-0.05, 0) is 36.6 Å². The van der Waals surface area contributed by atoms with E-state index in [9.17, 15) is 0 Å². The van der Waals surface area contributed by atoms with E-state index >= 15 is 0 Å². The maximum Gasteiger partial charge on any atom is 0.164 e. The van der Waals surface area contributed by atoms with Crippen molar-refractivity contribution < 1.29 is 0 Å². The van der Waals surface area contributed by atoms with E-state index in [1.807, 2.05) is 4.68 Å². The second kappa shape index (κ2) is 8.09. The van der Waals surface area contributed by atoms with Gasteiger partial charge in [0.05, 0.1) is 11.4 Å². The molecule has 0 amide bonds. The molecule has 174 valence electrons. The molecule has 4 heterocycles. The molecule has 0 spiro atoms. The maximum absolute atomic E-state index is 6.32. The van der Waals surface area contributed by atoms with Crippen LogP contribution < -0.4 is 16.0 Å². The highest BCUT2D eigenvalue weighted by atomic mass is 15.3. The number of nitrogens with two attached hydrogens (primary N) is 1. The largest absolute Gasteiger partial charge is 0.383 e. The molecule has 2 aliphatic rings. The van der Waals surface area contributed by atoms with E-state index in [1.165, 1.54) is 23.1 Å². The summed E-state index contributed by atoms with van der Waals surface area (Å²) in [7, 11) is 0. The number of rotatable bonds is 4. The summed E-state index contributed by atoms with van der Waals surface area (Å²) >= 11 is 0. The van der Waals surface area contributed by atoms with Crippen LogP contribution in [0.1, 0.15) is 43.9 Å². The predicted octanol–water partition coefficient (Wildman–Crippen LogP) is 4.30. The van der Waals surface area contributed by atoms with Crippen LogP contribution in [0, 0.1) is 0 Å². The summed E-state index contributed by atoms with van der Waals surface area (Å²) in [6, 6.07) is 17.8. The fourth-order valence-corrected chi connectivity index (χ4v) is 5.59. The lowest BCUT2D eigenvalue weighted by Crippen LogP contribution is -2.32. The Balaban J connectivity index is 1.32. The molecular weight excluding hydrogens is 422 g/mol. The molecule has 1 fully saturated rings. The minimum Gasteiger partial charge on any atom is -0.383 e. The molecular formula is C27H31N7. The van der Waals surface area contributed by atoms with E-state index in [4.69, 9.17) is 10.8 Å². The minimum absolute atomic E-state index is 0.161. The molecule has 0 aliphatic carbocycles. The van der Waals surface area contributed by atoms with Crippen molar-refractivity contribution in [3.8, 4) is 11.3 Å². The SMILES string of the molecule is CC1(C)CN(Cc2ccc(-c3nn([C@@H]4CCCNC4)c4ncnc(N)c34)cc2)c2ccccc21. The molecule has 6 rings (SSSR count). The van der Waals surface area contributed by atoms with E-state index in [1.54, 1.807) is 0 Å². The number of hydrogen-bond acceptors (Lipinski definition) is 6. The Labute approximate surface area is 200 Å². The van der Waals surface area contributed by atoms with Gasteiger partial charge in [0.1, 0.15) is 17.8 Å². The van der Waals surface area contributed by atoms with Crippen LogP contribution in [0.3, 0.4) is 0 Å². The van der Waals surface area contributed by atoms with Crippen LogP contribution in [0.15, 0.2) is 54.9 Å². The molecule has 3 N–H and O–H groups in total. The molecule has 2 aliphatic heterocycles. The molecule has 2 aromatic heterocycles. The molecule has 34 heavy (non-hydrogen) atoms. The first-order valence-corrected chi connectivity index (χ1v) is 12.1. The van der Waals surface area contributed by atoms with E-state index in [-0.39, 0.29) is 11.5 Å². The smallest absolute Gasteiger partial charge is 0.164 e. The van der Waals surface area contributed by atoms with Crippen molar-refractivity contribution in [2.75, 3.05) is 30.3 Å². The second-order valence-corrected chi connectivity index (χ2v) is 10.2. The van der Waals surface area contributed by atoms with Crippen molar-refractivity contribution in [2.45, 2.75) is 44.7 Å². The molecule has 2 aromatic carbocycles. The third-order valence-electron chi connectivity index (χ3n) is 7.30. The summed E-state index contributed by atoms with van der Waals surface area (Å²) in [5.74, 6) is 0.481. The van der Waals surface area contributed by atoms with Gasteiger partial charge in [0, 0.05) is 36.3 Å². The molecule has 0 unspecified atom stereocenters. The van der Waals surface area contributed by atoms with Gasteiger partial charge in [-0.25, -0.2) is 14.6 Å². The molecule has 0 bridgehead atoms. The molecule has 0 radical (unpaired) electrons. The summed E-state index contributed by atoms with van der Waals surface area (Å²) in [6.07, 6.45) is 3.75. The fraction of sp³-hybridized carbons (Fsp3) is 0.370. The first-order chi connectivity index (χ1) is 16.5. The molecule has 7 heteroatoms. The van der Waals surface area contributed by atoms with E-state index in [2.05, 4.69) is 82.6 Å². The molecule has 7 nitrogen and oxygen atoms in total. The zero-order valence-corrected chi connectivity index (χ0v) is 19.8. The third kappa shape index (κ3) is 3.51. The quantitative estimate of drug-likeness (QED) is 0.479. The number of aromatic nitrogens is 4. The fourth-order valence-electron chi connectivity index (χ4n) is 5.59. The first-order valence-electron chi connectivity index (χ1n) is 12.1. The number of nitrogen functional groups attached to an aromatic ring is 1. The van der Waals surface area contributed by atoms with Crippen molar-refractivity contribution >= 4 is 22.5 Å². The lowest BCUT2D eigenvalue weighted by molar-refractivity contribution is 0.354. The summed E-state index contributed by atoms with van der Waals surface area (Å²) < 4.78 is 2.05. The Hall–Kier alpha value is -3.45. The van der Waals surface area contributed by atoms with Gasteiger partial charge in [-0.15, -0.1) is 0 Å². The predicted molar refractivity (Wildman–Crippen MR) is 137 cm³/mol. The summed E-state index contributed by atoms with van der Waals surface area (Å²) in [5, 5.41) is 9.33. The molecule has 4 aromatic rings. The van der Waals surface area contributed by atoms with Crippen LogP contribution in [0.2, 0.25) is 0 Å². The van der Waals surface area contributed by atoms with Crippen LogP contribution in [-0.2, 0) is 12.0 Å². The number of hydrogen-bond donors (Lipinski definition) is 2. The Kier molecular flexibility index (Phi) is 5.03. The zero-order chi connectivity index (χ0) is 23.3. The topological polar surface area (TPSA) is 84.9 Å². The monoisotopic (exact) mass is 453 g/mol. The van der Waals surface area contributed by atoms with Gasteiger partial charge >= 0.3 is 0 Å². The highest BCUT2D eigenvalue weighted by Gasteiger charge is 2.34. The van der Waals surface area contributed by atoms with Crippen molar-refractivity contribution in [2.24, 2.45) is 0 Å². The van der Waals surface area contributed by atoms with E-state index in [0.717, 1.165) is 61.3 Å². The van der Waals surface area contributed by atoms with Gasteiger partial charge in [-0.3, -0.25) is 0 Å². The Morgan fingerprint density at radius 1 is 1.09 bits per heavy atom. The maximum atomic E-state index is 6.32. The summed E-state index contributed by atoms with van der Waals surface area (Å²) in [5.41, 5.74) is 13.2. The van der Waals surface area contributed by atoms with Crippen LogP contribution >= 0.6 is 0 Å². The van der Waals surface area contributed by atoms with Crippen molar-refractivity contribution in [3.05, 3.63) is 66.0 Å². The van der Waals surface area contributed by atoms with E-state index in [0.29, 0.717) is 5.82 Å². The minimum atomic E-state index is 0.161. The zero-order valence-electron chi connectivity index (χ0n) is 19.8. The third-order valence-corrected chi connectivity index (χ3v) is 7.30. The average Bonchev–Trinajstić information content (AvgIpc) is 3.37. The normalized spacial score (nSPS) is 19.5. The Morgan fingerprint density at radius 2 is 1.91 bits per heavy atom. The summed E-state index contributed by atoms with van der Waals surface area (Å²) in [6.45, 7) is 8.50. The van der Waals surface area contributed by atoms with Crippen LogP contribution in [0.5, 0.6) is 0 Å². The highest BCUT2D eigenvalue weighted by molar-refractivity contribution is 5.98. The Bertz CT molecular complexity index is 1330. The van der Waals surface area contributed by atoms with Gasteiger partial charge in [0.15, 0.2) is 5.65 Å². The second-order valence-electron chi connectivity index (χ2n) is 10.2. The van der Waals surface area contributed by atoms with Crippen LogP contribution in [-0.4, -0.2) is 39.4 Å². The lowest BCUT2D eigenvalue weighted by Gasteiger charge is -2.23. The van der Waals surface area contributed by atoms with Crippen molar-refractivity contribution in [1.82, 2.24) is 25.1 Å². The highest BCUT2D eigenvalue weighted by Crippen LogP contribution is 2.41. The number of nitrogens with one attached hydrogen (secondary N) is 1. The first kappa shape index (κ1) is 21.1. The van der Waals surface area contributed by atoms with Gasteiger partial charge in [0.2, 0.25) is 0 Å². The number of para-hydroxylation sites is 1. The lowest BCUT2D eigenvalue weighted by atomic mass is 9.87. The van der Waals surface area contributed by atoms with E-state index < -0.39 is 0 Å². The Morgan fingerprint density at radius 3 is 2.71 bits per heavy atom. The molecule has 1 saturated heterocycles. The average molecular weight is 454 g/mol. The van der Waals surface area contributed by atoms with Gasteiger partial charge in [-0.1, -0.05) is 56.3 Å². The van der Waals surface area contributed by atoms with Crippen LogP contribution in [0.25, 0.3) is 22.3 Å². The number of piperidine rings is 1. The van der Waals surface area contributed by atoms with Crippen molar-refractivity contribution in [1.29, 1.82) is 0 Å². The number of nitrogens with zero attached hydrogens (tertiary/aromatic N) is 5. The standard InChI is InChI=1S/C27H31N7/c1-27(2)16-33(22-8-4-3-7-21(22)27)15-18-9-11-19(12-10-18)24-23-25(28)30-17-31-26(23)34(32-24)20-6-5-13-29-14-20/h3-4,7-12,17,20,29H,5-6,13-16H2,1-2H3,(H2,28,30,31)/t20-/m1/s1. The van der Waals surface area contributed by atoms with Crippen molar-refractivity contribution in [3.63, 3.8) is 0 Å². The number of anilines is 2. The van der Waals surface area contributed by atoms with Gasteiger partial charge < -0.3 is 16.0 Å².